The van der Waals surface area contributed by atoms with Gasteiger partial charge in [-0.05, 0) is 31.0 Å². The maximum Gasteiger partial charge on any atom is 0.324 e. The monoisotopic (exact) mass is 394 g/mol. The Balaban J connectivity index is 1.57. The first-order chi connectivity index (χ1) is 13.6. The third kappa shape index (κ3) is 3.75. The predicted octanol–water partition coefficient (Wildman–Crippen LogP) is 3.31. The highest BCUT2D eigenvalue weighted by Crippen LogP contribution is 2.28. The van der Waals surface area contributed by atoms with Gasteiger partial charge in [0.2, 0.25) is 5.91 Å². The molecule has 0 aliphatic carbocycles. The highest BCUT2D eigenvalue weighted by Gasteiger charge is 2.31. The predicted molar refractivity (Wildman–Crippen MR) is 110 cm³/mol. The molecule has 1 aliphatic heterocycles. The lowest BCUT2D eigenvalue weighted by molar-refractivity contribution is -0.126. The van der Waals surface area contributed by atoms with Crippen molar-refractivity contribution in [2.24, 2.45) is 0 Å². The van der Waals surface area contributed by atoms with Gasteiger partial charge in [0.25, 0.3) is 0 Å². The molecule has 0 radical (unpaired) electrons. The molecule has 0 bridgehead atoms. The van der Waals surface area contributed by atoms with E-state index in [1.54, 1.807) is 0 Å². The molecular formula is C21H22N4O2S. The molecule has 1 saturated heterocycles. The quantitative estimate of drug-likeness (QED) is 0.652. The molecule has 2 heterocycles. The molecular weight excluding hydrogens is 372 g/mol. The summed E-state index contributed by atoms with van der Waals surface area (Å²) in [4.78, 5) is 30.5. The first-order valence-electron chi connectivity index (χ1n) is 9.38. The molecule has 3 amide bonds. The van der Waals surface area contributed by atoms with Gasteiger partial charge in [-0.25, -0.2) is 9.78 Å². The largest absolute Gasteiger partial charge is 0.336 e. The first-order valence-corrected chi connectivity index (χ1v) is 10.3. The van der Waals surface area contributed by atoms with E-state index in [9.17, 15) is 9.59 Å². The Bertz CT molecular complexity index is 1000. The number of hydrogen-bond donors (Lipinski definition) is 1. The number of thioether (sulfide) groups is 1. The molecule has 4 rings (SSSR count). The number of nitrogens with zero attached hydrogens (tertiary/aromatic N) is 3. The van der Waals surface area contributed by atoms with Crippen molar-refractivity contribution in [3.05, 3.63) is 60.2 Å². The van der Waals surface area contributed by atoms with Crippen molar-refractivity contribution in [2.75, 3.05) is 13.1 Å². The molecule has 0 spiro atoms. The lowest BCUT2D eigenvalue weighted by Gasteiger charge is -2.17. The lowest BCUT2D eigenvalue weighted by Crippen LogP contribution is -2.39. The van der Waals surface area contributed by atoms with E-state index in [1.807, 2.05) is 43.3 Å². The Morgan fingerprint density at radius 2 is 1.93 bits per heavy atom. The molecule has 7 heteroatoms. The van der Waals surface area contributed by atoms with Crippen LogP contribution < -0.4 is 5.32 Å². The number of benzene rings is 2. The molecule has 1 fully saturated rings. The summed E-state index contributed by atoms with van der Waals surface area (Å²) in [7, 11) is 0. The smallest absolute Gasteiger partial charge is 0.324 e. The van der Waals surface area contributed by atoms with E-state index in [2.05, 4.69) is 28.1 Å². The second-order valence-corrected chi connectivity index (χ2v) is 8.06. The molecule has 0 saturated carbocycles. The number of aryl methyl sites for hydroxylation is 2. The van der Waals surface area contributed by atoms with Crippen LogP contribution in [-0.4, -0.2) is 44.7 Å². The van der Waals surface area contributed by atoms with E-state index in [1.165, 1.54) is 22.2 Å². The van der Waals surface area contributed by atoms with Crippen LogP contribution in [0.5, 0.6) is 0 Å². The fraction of sp³-hybridized carbons (Fsp3) is 0.286. The third-order valence-corrected chi connectivity index (χ3v) is 5.92. The third-order valence-electron chi connectivity index (χ3n) is 4.84. The molecule has 1 aromatic heterocycles. The molecule has 1 aliphatic rings. The molecule has 0 unspecified atom stereocenters. The zero-order chi connectivity index (χ0) is 19.5. The van der Waals surface area contributed by atoms with E-state index in [4.69, 9.17) is 4.98 Å². The number of fused-ring (bicyclic) bond motifs is 1. The van der Waals surface area contributed by atoms with Gasteiger partial charge in [0.05, 0.1) is 16.3 Å². The molecule has 3 aromatic rings. The van der Waals surface area contributed by atoms with Crippen molar-refractivity contribution >= 4 is 34.7 Å². The average Bonchev–Trinajstić information content (AvgIpc) is 3.29. The number of nitrogens with one attached hydrogen (secondary N) is 1. The number of rotatable bonds is 6. The Morgan fingerprint density at radius 3 is 2.68 bits per heavy atom. The standard InChI is InChI=1S/C21H22N4O2S/c1-15(19(26)25-14-12-22-20(25)27)28-21-23-17-9-5-6-10-18(17)24(21)13-11-16-7-3-2-4-8-16/h2-10,15H,11-14H2,1H3,(H,22,27)/t15-/m1/s1. The van der Waals surface area contributed by atoms with Crippen molar-refractivity contribution in [3.8, 4) is 0 Å². The van der Waals surface area contributed by atoms with Gasteiger partial charge in [0.15, 0.2) is 5.16 Å². The van der Waals surface area contributed by atoms with E-state index in [0.717, 1.165) is 29.2 Å². The van der Waals surface area contributed by atoms with Gasteiger partial charge >= 0.3 is 6.03 Å². The van der Waals surface area contributed by atoms with Crippen LogP contribution >= 0.6 is 11.8 Å². The summed E-state index contributed by atoms with van der Waals surface area (Å²) in [6.45, 7) is 3.54. The van der Waals surface area contributed by atoms with Crippen LogP contribution in [0, 0.1) is 0 Å². The van der Waals surface area contributed by atoms with Crippen molar-refractivity contribution < 1.29 is 9.59 Å². The van der Waals surface area contributed by atoms with E-state index >= 15 is 0 Å². The summed E-state index contributed by atoms with van der Waals surface area (Å²) in [6, 6.07) is 18.0. The number of amides is 3. The first kappa shape index (κ1) is 18.6. The van der Waals surface area contributed by atoms with Crippen molar-refractivity contribution in [3.63, 3.8) is 0 Å². The zero-order valence-electron chi connectivity index (χ0n) is 15.7. The fourth-order valence-corrected chi connectivity index (χ4v) is 4.37. The summed E-state index contributed by atoms with van der Waals surface area (Å²) >= 11 is 1.41. The number of imidazole rings is 1. The van der Waals surface area contributed by atoms with Gasteiger partial charge in [-0.2, -0.15) is 0 Å². The number of imide groups is 1. The number of urea groups is 1. The molecule has 1 atom stereocenters. The Morgan fingerprint density at radius 1 is 1.18 bits per heavy atom. The Labute approximate surface area is 167 Å². The Kier molecular flexibility index (Phi) is 5.34. The minimum Gasteiger partial charge on any atom is -0.336 e. The van der Waals surface area contributed by atoms with Crippen molar-refractivity contribution in [2.45, 2.75) is 30.3 Å². The van der Waals surface area contributed by atoms with Gasteiger partial charge in [-0.1, -0.05) is 54.2 Å². The van der Waals surface area contributed by atoms with Gasteiger partial charge < -0.3 is 9.88 Å². The second-order valence-electron chi connectivity index (χ2n) is 6.75. The van der Waals surface area contributed by atoms with Crippen LogP contribution in [0.1, 0.15) is 12.5 Å². The van der Waals surface area contributed by atoms with Crippen molar-refractivity contribution in [1.82, 2.24) is 19.8 Å². The normalized spacial score (nSPS) is 15.0. The van der Waals surface area contributed by atoms with Crippen LogP contribution in [0.3, 0.4) is 0 Å². The van der Waals surface area contributed by atoms with Gasteiger partial charge in [0.1, 0.15) is 0 Å². The molecule has 144 valence electrons. The summed E-state index contributed by atoms with van der Waals surface area (Å²) in [5, 5.41) is 3.09. The fourth-order valence-electron chi connectivity index (χ4n) is 3.35. The molecule has 1 N–H and O–H groups in total. The second kappa shape index (κ2) is 8.06. The lowest BCUT2D eigenvalue weighted by atomic mass is 10.1. The van der Waals surface area contributed by atoms with Crippen LogP contribution in [0.2, 0.25) is 0 Å². The average molecular weight is 395 g/mol. The minimum absolute atomic E-state index is 0.179. The number of carbonyl (C=O) groups excluding carboxylic acids is 2. The van der Waals surface area contributed by atoms with Gasteiger partial charge in [0, 0.05) is 19.6 Å². The summed E-state index contributed by atoms with van der Waals surface area (Å²) < 4.78 is 2.17. The number of aromatic nitrogens is 2. The highest BCUT2D eigenvalue weighted by atomic mass is 32.2. The SMILES string of the molecule is C[C@@H](Sc1nc2ccccc2n1CCc1ccccc1)C(=O)N1CCNC1=O. The number of para-hydroxylation sites is 2. The van der Waals surface area contributed by atoms with E-state index < -0.39 is 5.25 Å². The summed E-state index contributed by atoms with van der Waals surface area (Å²) in [5.74, 6) is -0.179. The maximum absolute atomic E-state index is 12.7. The summed E-state index contributed by atoms with van der Waals surface area (Å²) in [6.07, 6.45) is 0.881. The highest BCUT2D eigenvalue weighted by molar-refractivity contribution is 8.00. The summed E-state index contributed by atoms with van der Waals surface area (Å²) in [5.41, 5.74) is 3.23. The van der Waals surface area contributed by atoms with Gasteiger partial charge in [-0.3, -0.25) is 9.69 Å². The number of carbonyl (C=O) groups is 2. The van der Waals surface area contributed by atoms with Crippen LogP contribution in [0.15, 0.2) is 59.8 Å². The van der Waals surface area contributed by atoms with Crippen LogP contribution in [-0.2, 0) is 17.8 Å². The van der Waals surface area contributed by atoms with Crippen molar-refractivity contribution in [1.29, 1.82) is 0 Å². The minimum atomic E-state index is -0.392. The molecule has 28 heavy (non-hydrogen) atoms. The van der Waals surface area contributed by atoms with Crippen LogP contribution in [0.4, 0.5) is 4.79 Å². The van der Waals surface area contributed by atoms with E-state index in [-0.39, 0.29) is 11.9 Å². The maximum atomic E-state index is 12.7. The van der Waals surface area contributed by atoms with E-state index in [0.29, 0.717) is 13.1 Å². The Hall–Kier alpha value is -2.80. The zero-order valence-corrected chi connectivity index (χ0v) is 16.5. The molecule has 6 nitrogen and oxygen atoms in total. The van der Waals surface area contributed by atoms with Crippen LogP contribution in [0.25, 0.3) is 11.0 Å². The number of hydrogen-bond acceptors (Lipinski definition) is 4. The topological polar surface area (TPSA) is 67.2 Å². The van der Waals surface area contributed by atoms with Gasteiger partial charge in [-0.15, -0.1) is 0 Å². The molecule has 2 aromatic carbocycles.